The Kier molecular flexibility index (Phi) is 6.76. The van der Waals surface area contributed by atoms with E-state index < -0.39 is 57.0 Å². The summed E-state index contributed by atoms with van der Waals surface area (Å²) in [7, 11) is 6.76. The molecule has 0 heterocycles. The number of anilines is 1. The number of hydrogen-bond donors (Lipinski definition) is 5. The van der Waals surface area contributed by atoms with E-state index in [0.29, 0.717) is 16.8 Å². The van der Waals surface area contributed by atoms with Gasteiger partial charge in [-0.1, -0.05) is 43.9 Å². The summed E-state index contributed by atoms with van der Waals surface area (Å²) >= 11 is 0. The van der Waals surface area contributed by atoms with Gasteiger partial charge in [-0.05, 0) is 50.7 Å². The maximum Gasteiger partial charge on any atom is 0.255 e. The van der Waals surface area contributed by atoms with Crippen LogP contribution < -0.4 is 10.6 Å². The van der Waals surface area contributed by atoms with E-state index in [2.05, 4.69) is 11.8 Å². The molecule has 5 rings (SSSR count). The lowest BCUT2D eigenvalue weighted by molar-refractivity contribution is -0.175. The molecule has 43 heavy (non-hydrogen) atoms. The number of primary amides is 1. The number of Topliss-reactive ketones (excluding diaryl/α,β-unsaturated/α-hetero) is 2. The number of carbonyl (C=O) groups excluding carboxylic acids is 3. The first-order chi connectivity index (χ1) is 20.0. The second kappa shape index (κ2) is 9.73. The maximum absolute atomic E-state index is 14.5. The van der Waals surface area contributed by atoms with E-state index in [0.717, 1.165) is 0 Å². The van der Waals surface area contributed by atoms with Gasteiger partial charge in [-0.25, -0.2) is 0 Å². The molecule has 0 spiro atoms. The van der Waals surface area contributed by atoms with Crippen molar-refractivity contribution in [1.82, 2.24) is 4.90 Å². The van der Waals surface area contributed by atoms with Gasteiger partial charge >= 0.3 is 0 Å². The van der Waals surface area contributed by atoms with Gasteiger partial charge in [0, 0.05) is 41.7 Å². The number of phenolic OH excluding ortho intramolecular Hbond substituents is 1. The molecule has 0 aromatic heterocycles. The minimum atomic E-state index is -2.77. The van der Waals surface area contributed by atoms with Crippen LogP contribution in [0.5, 0.6) is 5.75 Å². The van der Waals surface area contributed by atoms with E-state index in [4.69, 9.17) is 5.73 Å². The molecule has 1 amide bonds. The van der Waals surface area contributed by atoms with Crippen molar-refractivity contribution in [2.45, 2.75) is 38.3 Å². The fraction of sp³-hybridized carbons (Fsp3) is 0.364. The van der Waals surface area contributed by atoms with Crippen LogP contribution in [-0.4, -0.2) is 82.6 Å². The highest BCUT2D eigenvalue weighted by atomic mass is 16.3. The molecule has 0 radical (unpaired) electrons. The lowest BCUT2D eigenvalue weighted by Crippen LogP contribution is -2.72. The minimum absolute atomic E-state index is 0.00812. The summed E-state index contributed by atoms with van der Waals surface area (Å²) in [5.41, 5.74) is 0.926. The van der Waals surface area contributed by atoms with Crippen molar-refractivity contribution in [3.8, 4) is 17.6 Å². The number of nitrogens with two attached hydrogens (primary N) is 1. The van der Waals surface area contributed by atoms with Gasteiger partial charge in [-0.15, -0.1) is 0 Å². The molecule has 0 bridgehead atoms. The first-order valence-electron chi connectivity index (χ1n) is 13.8. The molecule has 0 unspecified atom stereocenters. The summed E-state index contributed by atoms with van der Waals surface area (Å²) in [5, 5.41) is 46.7. The predicted molar refractivity (Wildman–Crippen MR) is 160 cm³/mol. The van der Waals surface area contributed by atoms with Gasteiger partial charge in [-0.2, -0.15) is 0 Å². The Morgan fingerprint density at radius 2 is 1.65 bits per heavy atom. The molecule has 1 fully saturated rings. The number of benzene rings is 2. The van der Waals surface area contributed by atoms with E-state index in [1.165, 1.54) is 11.8 Å². The Labute approximate surface area is 249 Å². The number of carbonyl (C=O) groups is 3. The Hall–Kier alpha value is -4.59. The fourth-order valence-corrected chi connectivity index (χ4v) is 7.53. The standard InChI is InChI=1S/C33H35N3O7/c1-31-15-19-20(35(3)4)14-18(13-12-17-10-8-7-9-11-17)24(37)21(19)25(38)23(31)29(41)33(43)28(40)22(30(34)42)26(39)27(36(5)6)32(33,2)16-31/h7-11,14,27,37-38,40,43H,15-16H2,1-6H3,(H2,34,42)/t27-,31+,32+,33-/m1/s1. The highest BCUT2D eigenvalue weighted by Crippen LogP contribution is 2.63. The van der Waals surface area contributed by atoms with Crippen molar-refractivity contribution in [3.63, 3.8) is 0 Å². The highest BCUT2D eigenvalue weighted by Gasteiger charge is 2.72. The molecule has 224 valence electrons. The van der Waals surface area contributed by atoms with Crippen molar-refractivity contribution < 1.29 is 34.8 Å². The van der Waals surface area contributed by atoms with Crippen LogP contribution in [0.1, 0.15) is 42.5 Å². The number of fused-ring (bicyclic) bond motifs is 3. The van der Waals surface area contributed by atoms with Gasteiger partial charge in [0.2, 0.25) is 5.78 Å². The number of aromatic hydroxyl groups is 1. The quantitative estimate of drug-likeness (QED) is 0.268. The number of hydrogen-bond acceptors (Lipinski definition) is 9. The summed E-state index contributed by atoms with van der Waals surface area (Å²) in [6.07, 6.45) is 0.100. The largest absolute Gasteiger partial charge is 0.508 e. The number of rotatable bonds is 3. The summed E-state index contributed by atoms with van der Waals surface area (Å²) in [4.78, 5) is 43.6. The number of likely N-dealkylation sites (N-methyl/N-ethyl adjacent to an activating group) is 1. The van der Waals surface area contributed by atoms with Crippen LogP contribution in [0, 0.1) is 22.7 Å². The van der Waals surface area contributed by atoms with Gasteiger partial charge in [-0.3, -0.25) is 19.3 Å². The molecular formula is C33H35N3O7. The van der Waals surface area contributed by atoms with Crippen LogP contribution in [0.15, 0.2) is 53.3 Å². The number of aliphatic hydroxyl groups is 3. The van der Waals surface area contributed by atoms with Crippen molar-refractivity contribution in [1.29, 1.82) is 0 Å². The molecule has 3 aliphatic carbocycles. The van der Waals surface area contributed by atoms with Crippen LogP contribution in [0.2, 0.25) is 0 Å². The second-order valence-corrected chi connectivity index (χ2v) is 12.6. The minimum Gasteiger partial charge on any atom is -0.508 e. The van der Waals surface area contributed by atoms with E-state index in [1.54, 1.807) is 27.1 Å². The monoisotopic (exact) mass is 585 g/mol. The molecule has 1 saturated carbocycles. The Bertz CT molecular complexity index is 1730. The molecule has 3 aliphatic rings. The van der Waals surface area contributed by atoms with Gasteiger partial charge in [0.1, 0.15) is 22.8 Å². The Morgan fingerprint density at radius 1 is 1.02 bits per heavy atom. The number of nitrogens with zero attached hydrogens (tertiary/aromatic N) is 2. The maximum atomic E-state index is 14.5. The molecule has 6 N–H and O–H groups in total. The average Bonchev–Trinajstić information content (AvgIpc) is 2.90. The zero-order valence-electron chi connectivity index (χ0n) is 24.9. The third-order valence-electron chi connectivity index (χ3n) is 9.21. The van der Waals surface area contributed by atoms with Crippen molar-refractivity contribution in [2.75, 3.05) is 33.1 Å². The molecule has 2 aromatic rings. The van der Waals surface area contributed by atoms with Crippen LogP contribution in [0.25, 0.3) is 5.76 Å². The number of ketones is 2. The molecule has 0 aliphatic heterocycles. The van der Waals surface area contributed by atoms with Crippen LogP contribution in [0.3, 0.4) is 0 Å². The van der Waals surface area contributed by atoms with E-state index >= 15 is 0 Å². The average molecular weight is 586 g/mol. The number of amides is 1. The van der Waals surface area contributed by atoms with E-state index in [1.807, 2.05) is 49.3 Å². The Morgan fingerprint density at radius 3 is 2.21 bits per heavy atom. The van der Waals surface area contributed by atoms with Crippen molar-refractivity contribution in [3.05, 3.63) is 75.6 Å². The zero-order valence-corrected chi connectivity index (χ0v) is 24.9. The lowest BCUT2D eigenvalue weighted by Gasteiger charge is -2.59. The van der Waals surface area contributed by atoms with Crippen molar-refractivity contribution >= 4 is 28.9 Å². The molecule has 10 heteroatoms. The second-order valence-electron chi connectivity index (χ2n) is 12.6. The van der Waals surface area contributed by atoms with Gasteiger partial charge in [0.05, 0.1) is 17.2 Å². The van der Waals surface area contributed by atoms with Gasteiger partial charge in [0.15, 0.2) is 11.4 Å². The highest BCUT2D eigenvalue weighted by molar-refractivity contribution is 6.25. The molecule has 0 saturated heterocycles. The number of aliphatic hydroxyl groups excluding tert-OH is 2. The molecule has 4 atom stereocenters. The fourth-order valence-electron chi connectivity index (χ4n) is 7.53. The van der Waals surface area contributed by atoms with Crippen LogP contribution in [-0.2, 0) is 20.8 Å². The van der Waals surface area contributed by atoms with Crippen LogP contribution >= 0.6 is 0 Å². The summed E-state index contributed by atoms with van der Waals surface area (Å²) < 4.78 is 0. The first-order valence-corrected chi connectivity index (χ1v) is 13.8. The third kappa shape index (κ3) is 3.99. The van der Waals surface area contributed by atoms with Gasteiger partial charge < -0.3 is 31.1 Å². The third-order valence-corrected chi connectivity index (χ3v) is 9.21. The van der Waals surface area contributed by atoms with Crippen LogP contribution in [0.4, 0.5) is 5.69 Å². The normalized spacial score (nSPS) is 28.1. The zero-order chi connectivity index (χ0) is 31.8. The summed E-state index contributed by atoms with van der Waals surface area (Å²) in [6, 6.07) is 9.66. The SMILES string of the molecule is CN(C)c1cc(C#Cc2ccccc2)c(O)c2c1C[C@@]1(C)C[C@@]3(C)[C@H](N(C)C)C(=O)C(C(N)=O)=C(O)[C@@]3(O)C(=O)C1=C2O. The Balaban J connectivity index is 1.81. The summed E-state index contributed by atoms with van der Waals surface area (Å²) in [5.74, 6) is 0.747. The van der Waals surface area contributed by atoms with E-state index in [-0.39, 0.29) is 35.3 Å². The molecular weight excluding hydrogens is 550 g/mol. The smallest absolute Gasteiger partial charge is 0.255 e. The summed E-state index contributed by atoms with van der Waals surface area (Å²) in [6.45, 7) is 3.26. The van der Waals surface area contributed by atoms with Gasteiger partial charge in [0.25, 0.3) is 5.91 Å². The molecule has 2 aromatic carbocycles. The lowest BCUT2D eigenvalue weighted by atomic mass is 9.46. The predicted octanol–water partition coefficient (Wildman–Crippen LogP) is 2.21. The molecule has 10 nitrogen and oxygen atoms in total. The van der Waals surface area contributed by atoms with E-state index in [9.17, 15) is 34.8 Å². The topological polar surface area (TPSA) is 165 Å². The van der Waals surface area contributed by atoms with Crippen molar-refractivity contribution in [2.24, 2.45) is 16.6 Å². The first kappa shape index (κ1) is 29.9. The number of phenols is 1.